The van der Waals surface area contributed by atoms with Crippen molar-refractivity contribution < 1.29 is 18.7 Å². The molecular formula is C19H17ClN2O5. The van der Waals surface area contributed by atoms with Gasteiger partial charge in [-0.05, 0) is 24.3 Å². The second-order valence-electron chi connectivity index (χ2n) is 6.18. The van der Waals surface area contributed by atoms with Gasteiger partial charge in [0.15, 0.2) is 17.1 Å². The topological polar surface area (TPSA) is 82.7 Å². The molecule has 3 aromatic rings. The molecule has 0 aliphatic carbocycles. The highest BCUT2D eigenvalue weighted by Gasteiger charge is 2.21. The number of ether oxygens (including phenoxy) is 2. The molecule has 0 unspecified atom stereocenters. The molecular weight excluding hydrogens is 372 g/mol. The van der Waals surface area contributed by atoms with Crippen LogP contribution in [0.15, 0.2) is 51.7 Å². The summed E-state index contributed by atoms with van der Waals surface area (Å²) in [4.78, 5) is 24.1. The number of carbonyl (C=O) groups is 1. The summed E-state index contributed by atoms with van der Waals surface area (Å²) in [6.45, 7) is 0.901. The Balaban J connectivity index is 1.32. The third-order valence-corrected chi connectivity index (χ3v) is 4.52. The Labute approximate surface area is 159 Å². The van der Waals surface area contributed by atoms with E-state index in [9.17, 15) is 9.59 Å². The predicted octanol–water partition coefficient (Wildman–Crippen LogP) is 2.59. The van der Waals surface area contributed by atoms with E-state index >= 15 is 0 Å². The van der Waals surface area contributed by atoms with Crippen LogP contribution in [-0.2, 0) is 11.3 Å². The normalized spacial score (nSPS) is 15.7. The molecule has 0 saturated carbocycles. The van der Waals surface area contributed by atoms with Crippen LogP contribution in [0.2, 0.25) is 5.02 Å². The highest BCUT2D eigenvalue weighted by molar-refractivity contribution is 6.31. The molecule has 27 heavy (non-hydrogen) atoms. The zero-order chi connectivity index (χ0) is 18.8. The Morgan fingerprint density at radius 3 is 2.89 bits per heavy atom. The molecule has 1 aliphatic heterocycles. The van der Waals surface area contributed by atoms with Crippen molar-refractivity contribution in [1.29, 1.82) is 0 Å². The van der Waals surface area contributed by atoms with Crippen LogP contribution in [0, 0.1) is 0 Å². The van der Waals surface area contributed by atoms with E-state index in [1.54, 1.807) is 18.2 Å². The molecule has 0 saturated heterocycles. The Morgan fingerprint density at radius 1 is 1.22 bits per heavy atom. The van der Waals surface area contributed by atoms with Crippen LogP contribution < -0.4 is 20.5 Å². The summed E-state index contributed by atoms with van der Waals surface area (Å²) in [6, 6.07) is 12.4. The minimum Gasteiger partial charge on any atom is -0.486 e. The van der Waals surface area contributed by atoms with Crippen molar-refractivity contribution in [3.63, 3.8) is 0 Å². The lowest BCUT2D eigenvalue weighted by molar-refractivity contribution is -0.121. The van der Waals surface area contributed by atoms with Crippen LogP contribution in [0.4, 0.5) is 0 Å². The molecule has 1 aromatic heterocycles. The zero-order valence-corrected chi connectivity index (χ0v) is 15.1. The number of rotatable bonds is 5. The monoisotopic (exact) mass is 388 g/mol. The summed E-state index contributed by atoms with van der Waals surface area (Å²) < 4.78 is 18.0. The second kappa shape index (κ2) is 7.36. The molecule has 2 aromatic carbocycles. The summed E-state index contributed by atoms with van der Waals surface area (Å²) in [6.07, 6.45) is -0.120. The first-order valence-corrected chi connectivity index (χ1v) is 8.92. The van der Waals surface area contributed by atoms with Crippen LogP contribution >= 0.6 is 11.6 Å². The van der Waals surface area contributed by atoms with Crippen molar-refractivity contribution >= 4 is 28.6 Å². The maximum atomic E-state index is 12.2. The molecule has 0 spiro atoms. The molecule has 1 aliphatic rings. The van der Waals surface area contributed by atoms with Gasteiger partial charge in [-0.15, -0.1) is 0 Å². The van der Waals surface area contributed by atoms with Crippen LogP contribution in [0.3, 0.4) is 0 Å². The molecule has 8 heteroatoms. The van der Waals surface area contributed by atoms with Crippen LogP contribution in [0.25, 0.3) is 11.1 Å². The van der Waals surface area contributed by atoms with Gasteiger partial charge in [0.2, 0.25) is 5.91 Å². The van der Waals surface area contributed by atoms with E-state index in [1.807, 2.05) is 24.3 Å². The Morgan fingerprint density at radius 2 is 2.04 bits per heavy atom. The van der Waals surface area contributed by atoms with Gasteiger partial charge in [-0.3, -0.25) is 9.36 Å². The lowest BCUT2D eigenvalue weighted by Gasteiger charge is -2.26. The number of para-hydroxylation sites is 2. The van der Waals surface area contributed by atoms with Gasteiger partial charge in [0.05, 0.1) is 12.1 Å². The number of halogens is 1. The molecule has 0 bridgehead atoms. The van der Waals surface area contributed by atoms with E-state index in [-0.39, 0.29) is 25.0 Å². The van der Waals surface area contributed by atoms with Gasteiger partial charge < -0.3 is 19.2 Å². The van der Waals surface area contributed by atoms with E-state index < -0.39 is 5.76 Å². The van der Waals surface area contributed by atoms with E-state index in [0.29, 0.717) is 40.8 Å². The molecule has 4 rings (SSSR count). The number of oxazole rings is 1. The SMILES string of the molecule is O=C(CCn1c(=O)oc2cc(Cl)ccc21)NC[C@@H]1COc2ccccc2O1. The summed E-state index contributed by atoms with van der Waals surface area (Å²) in [5.74, 6) is 0.665. The lowest BCUT2D eigenvalue weighted by atomic mass is 10.2. The number of hydrogen-bond acceptors (Lipinski definition) is 5. The molecule has 1 amide bonds. The number of benzene rings is 2. The largest absolute Gasteiger partial charge is 0.486 e. The van der Waals surface area contributed by atoms with Gasteiger partial charge in [-0.25, -0.2) is 4.79 Å². The smallest absolute Gasteiger partial charge is 0.419 e. The molecule has 0 fully saturated rings. The van der Waals surface area contributed by atoms with Gasteiger partial charge in [0.1, 0.15) is 12.7 Å². The van der Waals surface area contributed by atoms with E-state index in [2.05, 4.69) is 5.32 Å². The Hall–Kier alpha value is -2.93. The number of carbonyl (C=O) groups excluding carboxylic acids is 1. The standard InChI is InChI=1S/C19H17ClN2O5/c20-12-5-6-14-17(9-12)27-19(24)22(14)8-7-18(23)21-10-13-11-25-15-3-1-2-4-16(15)26-13/h1-6,9,13H,7-8,10-11H2,(H,21,23)/t13-/m1/s1. The summed E-state index contributed by atoms with van der Waals surface area (Å²) in [5.41, 5.74) is 1.01. The minimum atomic E-state index is -0.513. The van der Waals surface area contributed by atoms with Gasteiger partial charge in [-0.2, -0.15) is 0 Å². The van der Waals surface area contributed by atoms with Crippen LogP contribution in [0.5, 0.6) is 11.5 Å². The van der Waals surface area contributed by atoms with Crippen molar-refractivity contribution in [2.45, 2.75) is 19.1 Å². The zero-order valence-electron chi connectivity index (χ0n) is 14.3. The second-order valence-corrected chi connectivity index (χ2v) is 6.62. The number of amides is 1. The summed E-state index contributed by atoms with van der Waals surface area (Å²) in [5, 5.41) is 3.29. The number of aromatic nitrogens is 1. The maximum Gasteiger partial charge on any atom is 0.419 e. The minimum absolute atomic E-state index is 0.140. The first-order chi connectivity index (χ1) is 13.1. The number of aryl methyl sites for hydroxylation is 1. The number of fused-ring (bicyclic) bond motifs is 2. The fourth-order valence-electron chi connectivity index (χ4n) is 2.95. The van der Waals surface area contributed by atoms with Gasteiger partial charge in [-0.1, -0.05) is 23.7 Å². The van der Waals surface area contributed by atoms with Crippen molar-refractivity contribution in [1.82, 2.24) is 9.88 Å². The number of nitrogens with one attached hydrogen (secondary N) is 1. The molecule has 1 atom stereocenters. The predicted molar refractivity (Wildman–Crippen MR) is 99.5 cm³/mol. The van der Waals surface area contributed by atoms with Gasteiger partial charge >= 0.3 is 5.76 Å². The summed E-state index contributed by atoms with van der Waals surface area (Å²) in [7, 11) is 0. The van der Waals surface area contributed by atoms with Gasteiger partial charge in [0, 0.05) is 24.1 Å². The maximum absolute atomic E-state index is 12.2. The lowest BCUT2D eigenvalue weighted by Crippen LogP contribution is -2.41. The Kier molecular flexibility index (Phi) is 4.77. The fraction of sp³-hybridized carbons (Fsp3) is 0.263. The average molecular weight is 389 g/mol. The molecule has 2 heterocycles. The van der Waals surface area contributed by atoms with Crippen molar-refractivity contribution in [2.24, 2.45) is 0 Å². The first-order valence-electron chi connectivity index (χ1n) is 8.54. The van der Waals surface area contributed by atoms with Crippen LogP contribution in [-0.4, -0.2) is 29.7 Å². The number of nitrogens with zero attached hydrogens (tertiary/aromatic N) is 1. The Bertz CT molecular complexity index is 1040. The summed E-state index contributed by atoms with van der Waals surface area (Å²) >= 11 is 5.90. The van der Waals surface area contributed by atoms with Crippen LogP contribution in [0.1, 0.15) is 6.42 Å². The van der Waals surface area contributed by atoms with Crippen molar-refractivity contribution in [2.75, 3.05) is 13.2 Å². The molecule has 7 nitrogen and oxygen atoms in total. The first kappa shape index (κ1) is 17.5. The van der Waals surface area contributed by atoms with Crippen molar-refractivity contribution in [3.05, 3.63) is 58.0 Å². The number of hydrogen-bond donors (Lipinski definition) is 1. The highest BCUT2D eigenvalue weighted by atomic mass is 35.5. The van der Waals surface area contributed by atoms with E-state index in [4.69, 9.17) is 25.5 Å². The quantitative estimate of drug-likeness (QED) is 0.726. The fourth-order valence-corrected chi connectivity index (χ4v) is 3.11. The van der Waals surface area contributed by atoms with E-state index in [0.717, 1.165) is 0 Å². The third-order valence-electron chi connectivity index (χ3n) is 4.29. The average Bonchev–Trinajstić information content (AvgIpc) is 2.98. The van der Waals surface area contributed by atoms with Gasteiger partial charge in [0.25, 0.3) is 0 Å². The van der Waals surface area contributed by atoms with Crippen molar-refractivity contribution in [3.8, 4) is 11.5 Å². The third kappa shape index (κ3) is 3.78. The molecule has 1 N–H and O–H groups in total. The van der Waals surface area contributed by atoms with E-state index in [1.165, 1.54) is 4.57 Å². The molecule has 0 radical (unpaired) electrons. The molecule has 140 valence electrons. The highest BCUT2D eigenvalue weighted by Crippen LogP contribution is 2.30.